The zero-order valence-corrected chi connectivity index (χ0v) is 11.5. The molecule has 2 rings (SSSR count). The highest BCUT2D eigenvalue weighted by Gasteiger charge is 2.22. The van der Waals surface area contributed by atoms with Gasteiger partial charge >= 0.3 is 0 Å². The predicted octanol–water partition coefficient (Wildman–Crippen LogP) is 2.88. The minimum absolute atomic E-state index is 0.568. The standard InChI is InChI=1S/C15H24N2/c1-11-6-5-7-12(2)15(11)17-10-13(3)16-9-8-14(17)4/h5-7,13-14,16H,8-10H2,1-4H3. The molecule has 94 valence electrons. The largest absolute Gasteiger partial charge is 0.367 e. The molecule has 0 amide bonds. The lowest BCUT2D eigenvalue weighted by Gasteiger charge is -2.33. The van der Waals surface area contributed by atoms with Gasteiger partial charge in [-0.05, 0) is 51.8 Å². The van der Waals surface area contributed by atoms with Crippen LogP contribution in [0.1, 0.15) is 31.4 Å². The highest BCUT2D eigenvalue weighted by atomic mass is 15.2. The molecule has 1 N–H and O–H groups in total. The van der Waals surface area contributed by atoms with Crippen LogP contribution >= 0.6 is 0 Å². The number of para-hydroxylation sites is 1. The molecule has 1 aromatic rings. The fourth-order valence-corrected chi connectivity index (χ4v) is 2.80. The molecule has 1 fully saturated rings. The maximum Gasteiger partial charge on any atom is 0.0428 e. The first-order chi connectivity index (χ1) is 8.09. The molecule has 0 spiro atoms. The average Bonchev–Trinajstić information content (AvgIpc) is 2.41. The van der Waals surface area contributed by atoms with E-state index in [1.54, 1.807) is 0 Å². The third-order valence-corrected chi connectivity index (χ3v) is 3.78. The second-order valence-electron chi connectivity index (χ2n) is 5.39. The Morgan fingerprint density at radius 2 is 1.82 bits per heavy atom. The number of hydrogen-bond acceptors (Lipinski definition) is 2. The fraction of sp³-hybridized carbons (Fsp3) is 0.600. The smallest absolute Gasteiger partial charge is 0.0428 e. The van der Waals surface area contributed by atoms with Gasteiger partial charge in [-0.3, -0.25) is 0 Å². The van der Waals surface area contributed by atoms with Gasteiger partial charge in [0.15, 0.2) is 0 Å². The molecule has 0 aromatic heterocycles. The van der Waals surface area contributed by atoms with Crippen LogP contribution in [0.2, 0.25) is 0 Å². The minimum atomic E-state index is 0.568. The van der Waals surface area contributed by atoms with E-state index in [-0.39, 0.29) is 0 Å². The topological polar surface area (TPSA) is 15.3 Å². The molecule has 1 aliphatic rings. The summed E-state index contributed by atoms with van der Waals surface area (Å²) in [6, 6.07) is 7.78. The molecule has 1 aliphatic heterocycles. The van der Waals surface area contributed by atoms with Crippen molar-refractivity contribution in [1.82, 2.24) is 5.32 Å². The van der Waals surface area contributed by atoms with Gasteiger partial charge in [0.25, 0.3) is 0 Å². The van der Waals surface area contributed by atoms with Crippen molar-refractivity contribution in [3.05, 3.63) is 29.3 Å². The maximum atomic E-state index is 3.57. The molecule has 1 saturated heterocycles. The van der Waals surface area contributed by atoms with Gasteiger partial charge in [-0.25, -0.2) is 0 Å². The summed E-state index contributed by atoms with van der Waals surface area (Å²) in [7, 11) is 0. The van der Waals surface area contributed by atoms with Crippen LogP contribution in [-0.4, -0.2) is 25.2 Å². The SMILES string of the molecule is Cc1cccc(C)c1N1CC(C)NCCC1C. The van der Waals surface area contributed by atoms with Crippen LogP contribution in [0.3, 0.4) is 0 Å². The van der Waals surface area contributed by atoms with Crippen molar-refractivity contribution < 1.29 is 0 Å². The van der Waals surface area contributed by atoms with E-state index >= 15 is 0 Å². The maximum absolute atomic E-state index is 3.57. The van der Waals surface area contributed by atoms with E-state index in [1.165, 1.54) is 23.2 Å². The molecule has 1 aromatic carbocycles. The minimum Gasteiger partial charge on any atom is -0.367 e. The van der Waals surface area contributed by atoms with Gasteiger partial charge in [0.1, 0.15) is 0 Å². The second kappa shape index (κ2) is 5.09. The number of nitrogens with one attached hydrogen (secondary N) is 1. The molecule has 0 radical (unpaired) electrons. The molecule has 1 heterocycles. The third kappa shape index (κ3) is 2.63. The summed E-state index contributed by atoms with van der Waals surface area (Å²) in [5.74, 6) is 0. The molecule has 0 aliphatic carbocycles. The summed E-state index contributed by atoms with van der Waals surface area (Å²) in [5.41, 5.74) is 4.23. The van der Waals surface area contributed by atoms with E-state index < -0.39 is 0 Å². The summed E-state index contributed by atoms with van der Waals surface area (Å²) < 4.78 is 0. The van der Waals surface area contributed by atoms with Crippen molar-refractivity contribution in [2.75, 3.05) is 18.0 Å². The Morgan fingerprint density at radius 1 is 1.18 bits per heavy atom. The number of aryl methyl sites for hydroxylation is 2. The van der Waals surface area contributed by atoms with Gasteiger partial charge in [-0.2, -0.15) is 0 Å². The van der Waals surface area contributed by atoms with E-state index in [2.05, 4.69) is 56.1 Å². The third-order valence-electron chi connectivity index (χ3n) is 3.78. The summed E-state index contributed by atoms with van der Waals surface area (Å²) in [5, 5.41) is 3.57. The average molecular weight is 232 g/mol. The monoisotopic (exact) mass is 232 g/mol. The van der Waals surface area contributed by atoms with Gasteiger partial charge in [0.05, 0.1) is 0 Å². The Hall–Kier alpha value is -1.02. The Balaban J connectivity index is 2.35. The molecule has 2 atom stereocenters. The highest BCUT2D eigenvalue weighted by molar-refractivity contribution is 5.59. The van der Waals surface area contributed by atoms with Gasteiger partial charge in [0.2, 0.25) is 0 Å². The van der Waals surface area contributed by atoms with Gasteiger partial charge < -0.3 is 10.2 Å². The molecule has 0 bridgehead atoms. The first-order valence-electron chi connectivity index (χ1n) is 6.66. The lowest BCUT2D eigenvalue weighted by molar-refractivity contribution is 0.584. The van der Waals surface area contributed by atoms with E-state index in [1.807, 2.05) is 0 Å². The van der Waals surface area contributed by atoms with E-state index in [0.29, 0.717) is 12.1 Å². The Morgan fingerprint density at radius 3 is 2.47 bits per heavy atom. The van der Waals surface area contributed by atoms with E-state index in [9.17, 15) is 0 Å². The van der Waals surface area contributed by atoms with Crippen molar-refractivity contribution in [3.8, 4) is 0 Å². The molecule has 2 heteroatoms. The first-order valence-corrected chi connectivity index (χ1v) is 6.66. The number of rotatable bonds is 1. The van der Waals surface area contributed by atoms with Crippen LogP contribution in [0.4, 0.5) is 5.69 Å². The number of hydrogen-bond donors (Lipinski definition) is 1. The molecule has 2 unspecified atom stereocenters. The summed E-state index contributed by atoms with van der Waals surface area (Å²) in [6.07, 6.45) is 1.22. The number of benzene rings is 1. The van der Waals surface area contributed by atoms with Crippen LogP contribution in [0, 0.1) is 13.8 Å². The van der Waals surface area contributed by atoms with E-state index in [0.717, 1.165) is 13.1 Å². The summed E-state index contributed by atoms with van der Waals surface area (Å²) >= 11 is 0. The van der Waals surface area contributed by atoms with Crippen molar-refractivity contribution in [3.63, 3.8) is 0 Å². The van der Waals surface area contributed by atoms with Gasteiger partial charge in [-0.15, -0.1) is 0 Å². The van der Waals surface area contributed by atoms with Crippen LogP contribution < -0.4 is 10.2 Å². The second-order valence-corrected chi connectivity index (χ2v) is 5.39. The van der Waals surface area contributed by atoms with Gasteiger partial charge in [-0.1, -0.05) is 18.2 Å². The summed E-state index contributed by atoms with van der Waals surface area (Å²) in [4.78, 5) is 2.58. The Labute approximate surface area is 105 Å². The molecule has 17 heavy (non-hydrogen) atoms. The van der Waals surface area contributed by atoms with Gasteiger partial charge in [0, 0.05) is 24.3 Å². The molecule has 2 nitrogen and oxygen atoms in total. The Bertz CT molecular complexity index is 366. The fourth-order valence-electron chi connectivity index (χ4n) is 2.80. The number of anilines is 1. The Kier molecular flexibility index (Phi) is 3.72. The summed E-state index contributed by atoms with van der Waals surface area (Å²) in [6.45, 7) is 11.3. The molecular weight excluding hydrogens is 208 g/mol. The lowest BCUT2D eigenvalue weighted by Crippen LogP contribution is -2.39. The van der Waals surface area contributed by atoms with Crippen LogP contribution in [0.25, 0.3) is 0 Å². The van der Waals surface area contributed by atoms with Crippen molar-refractivity contribution in [1.29, 1.82) is 0 Å². The zero-order chi connectivity index (χ0) is 12.4. The zero-order valence-electron chi connectivity index (χ0n) is 11.5. The number of nitrogens with zero attached hydrogens (tertiary/aromatic N) is 1. The van der Waals surface area contributed by atoms with E-state index in [4.69, 9.17) is 0 Å². The van der Waals surface area contributed by atoms with Crippen molar-refractivity contribution in [2.24, 2.45) is 0 Å². The van der Waals surface area contributed by atoms with Crippen LogP contribution in [-0.2, 0) is 0 Å². The first kappa shape index (κ1) is 12.4. The van der Waals surface area contributed by atoms with Crippen LogP contribution in [0.5, 0.6) is 0 Å². The molecular formula is C15H24N2. The lowest BCUT2D eigenvalue weighted by atomic mass is 10.0. The normalized spacial score (nSPS) is 25.8. The highest BCUT2D eigenvalue weighted by Crippen LogP contribution is 2.28. The molecule has 0 saturated carbocycles. The van der Waals surface area contributed by atoms with Crippen molar-refractivity contribution >= 4 is 5.69 Å². The van der Waals surface area contributed by atoms with Crippen LogP contribution in [0.15, 0.2) is 18.2 Å². The quantitative estimate of drug-likeness (QED) is 0.801. The van der Waals surface area contributed by atoms with Crippen molar-refractivity contribution in [2.45, 2.75) is 46.2 Å². The predicted molar refractivity (Wildman–Crippen MR) is 74.8 cm³/mol.